The van der Waals surface area contributed by atoms with E-state index in [1.807, 2.05) is 0 Å². The van der Waals surface area contributed by atoms with Crippen molar-refractivity contribution in [1.29, 1.82) is 0 Å². The van der Waals surface area contributed by atoms with Crippen molar-refractivity contribution < 1.29 is 26.0 Å². The number of benzene rings is 3. The molecule has 0 amide bonds. The van der Waals surface area contributed by atoms with Crippen LogP contribution in [0.4, 0.5) is 23.2 Å². The van der Waals surface area contributed by atoms with E-state index >= 15 is 0 Å². The van der Waals surface area contributed by atoms with Gasteiger partial charge in [0.15, 0.2) is 23.3 Å². The molecule has 0 aromatic heterocycles. The number of halogens is 6. The fourth-order valence-electron chi connectivity index (χ4n) is 2.44. The fourth-order valence-corrected chi connectivity index (χ4v) is 3.83. The number of hydrogen-bond donors (Lipinski definition) is 1. The summed E-state index contributed by atoms with van der Waals surface area (Å²) in [6.45, 7) is 0. The van der Waals surface area contributed by atoms with Gasteiger partial charge in [-0.1, -0.05) is 47.5 Å². The summed E-state index contributed by atoms with van der Waals surface area (Å²) in [4.78, 5) is -0.292. The van der Waals surface area contributed by atoms with Crippen molar-refractivity contribution in [2.45, 2.75) is 4.90 Å². The van der Waals surface area contributed by atoms with Crippen LogP contribution in [0.3, 0.4) is 0 Å². The largest absolute Gasteiger partial charge is 0.276 e. The molecule has 28 heavy (non-hydrogen) atoms. The van der Waals surface area contributed by atoms with E-state index in [2.05, 4.69) is 0 Å². The second-order valence-corrected chi connectivity index (χ2v) is 8.05. The van der Waals surface area contributed by atoms with Crippen molar-refractivity contribution in [3.63, 3.8) is 0 Å². The molecule has 0 aliphatic heterocycles. The average molecular weight is 450 g/mol. The Morgan fingerprint density at radius 1 is 0.750 bits per heavy atom. The highest BCUT2D eigenvalue weighted by atomic mass is 35.5. The van der Waals surface area contributed by atoms with Crippen molar-refractivity contribution >= 4 is 38.9 Å². The minimum absolute atomic E-state index is 0.0697. The summed E-state index contributed by atoms with van der Waals surface area (Å²) in [6.07, 6.45) is 0. The molecule has 0 saturated carbocycles. The molecule has 3 nitrogen and oxygen atoms in total. The van der Waals surface area contributed by atoms with Gasteiger partial charge in [-0.05, 0) is 29.8 Å². The van der Waals surface area contributed by atoms with Crippen LogP contribution < -0.4 is 4.72 Å². The Morgan fingerprint density at radius 2 is 1.36 bits per heavy atom. The zero-order valence-corrected chi connectivity index (χ0v) is 15.9. The molecule has 1 N–H and O–H groups in total. The highest BCUT2D eigenvalue weighted by Crippen LogP contribution is 2.39. The molecule has 146 valence electrons. The number of sulfonamides is 1. The molecule has 0 fully saturated rings. The van der Waals surface area contributed by atoms with E-state index in [1.54, 1.807) is 4.72 Å². The summed E-state index contributed by atoms with van der Waals surface area (Å²) in [5.74, 6) is -7.95. The van der Waals surface area contributed by atoms with Gasteiger partial charge in [0.1, 0.15) is 0 Å². The predicted octanol–water partition coefficient (Wildman–Crippen LogP) is 6.02. The Hall–Kier alpha value is -2.29. The standard InChI is InChI=1S/C18H9Cl2F4NO2S/c19-11-7-6-9(8-12(11)20)13-14(21)15(22)16(23)17(24)18(13)25-28(26,27)10-4-2-1-3-5-10/h1-8,25H. The summed E-state index contributed by atoms with van der Waals surface area (Å²) < 4.78 is 83.4. The molecule has 0 atom stereocenters. The van der Waals surface area contributed by atoms with Crippen LogP contribution in [-0.4, -0.2) is 8.42 Å². The van der Waals surface area contributed by atoms with Gasteiger partial charge in [0.05, 0.1) is 20.6 Å². The van der Waals surface area contributed by atoms with Crippen molar-refractivity contribution in [2.75, 3.05) is 4.72 Å². The summed E-state index contributed by atoms with van der Waals surface area (Å²) in [6, 6.07) is 10.2. The van der Waals surface area contributed by atoms with Crippen molar-refractivity contribution in [1.82, 2.24) is 0 Å². The summed E-state index contributed by atoms with van der Waals surface area (Å²) in [5, 5.41) is -0.0131. The summed E-state index contributed by atoms with van der Waals surface area (Å²) in [5.41, 5.74) is -2.16. The first-order valence-corrected chi connectivity index (χ1v) is 9.76. The van der Waals surface area contributed by atoms with E-state index < -0.39 is 44.5 Å². The van der Waals surface area contributed by atoms with Gasteiger partial charge >= 0.3 is 0 Å². The molecule has 3 aromatic rings. The van der Waals surface area contributed by atoms with Gasteiger partial charge in [-0.3, -0.25) is 4.72 Å². The van der Waals surface area contributed by atoms with E-state index in [-0.39, 0.29) is 20.5 Å². The van der Waals surface area contributed by atoms with E-state index in [0.717, 1.165) is 12.1 Å². The van der Waals surface area contributed by atoms with E-state index in [9.17, 15) is 26.0 Å². The van der Waals surface area contributed by atoms with Crippen molar-refractivity contribution in [3.05, 3.63) is 81.8 Å². The van der Waals surface area contributed by atoms with Crippen LogP contribution in [-0.2, 0) is 10.0 Å². The van der Waals surface area contributed by atoms with E-state index in [4.69, 9.17) is 23.2 Å². The Labute approximate surface area is 167 Å². The fraction of sp³-hybridized carbons (Fsp3) is 0. The van der Waals surface area contributed by atoms with Gasteiger partial charge in [-0.25, -0.2) is 26.0 Å². The van der Waals surface area contributed by atoms with Crippen LogP contribution in [0.2, 0.25) is 10.0 Å². The van der Waals surface area contributed by atoms with Crippen molar-refractivity contribution in [2.24, 2.45) is 0 Å². The van der Waals surface area contributed by atoms with Gasteiger partial charge in [0, 0.05) is 5.56 Å². The SMILES string of the molecule is O=S(=O)(Nc1c(F)c(F)c(F)c(F)c1-c1ccc(Cl)c(Cl)c1)c1ccccc1. The first kappa shape index (κ1) is 20.4. The van der Waals surface area contributed by atoms with E-state index in [1.165, 1.54) is 36.4 Å². The predicted molar refractivity (Wildman–Crippen MR) is 99.0 cm³/mol. The van der Waals surface area contributed by atoms with Crippen LogP contribution in [0.1, 0.15) is 0 Å². The number of anilines is 1. The third-order valence-electron chi connectivity index (χ3n) is 3.77. The van der Waals surface area contributed by atoms with Crippen LogP contribution in [0.15, 0.2) is 53.4 Å². The maximum atomic E-state index is 14.5. The number of nitrogens with one attached hydrogen (secondary N) is 1. The third-order valence-corrected chi connectivity index (χ3v) is 5.87. The van der Waals surface area contributed by atoms with Crippen LogP contribution >= 0.6 is 23.2 Å². The van der Waals surface area contributed by atoms with Gasteiger partial charge in [-0.15, -0.1) is 0 Å². The first-order chi connectivity index (χ1) is 13.1. The highest BCUT2D eigenvalue weighted by Gasteiger charge is 2.29. The Bertz CT molecular complexity index is 1170. The zero-order valence-electron chi connectivity index (χ0n) is 13.6. The molecule has 0 radical (unpaired) electrons. The van der Waals surface area contributed by atoms with E-state index in [0.29, 0.717) is 0 Å². The monoisotopic (exact) mass is 449 g/mol. The quantitative estimate of drug-likeness (QED) is 0.300. The lowest BCUT2D eigenvalue weighted by Gasteiger charge is -2.16. The lowest BCUT2D eigenvalue weighted by Crippen LogP contribution is -2.17. The Balaban J connectivity index is 2.27. The van der Waals surface area contributed by atoms with Gasteiger partial charge < -0.3 is 0 Å². The zero-order chi connectivity index (χ0) is 20.6. The Morgan fingerprint density at radius 3 is 1.96 bits per heavy atom. The van der Waals surface area contributed by atoms with Gasteiger partial charge in [0.2, 0.25) is 0 Å². The molecular formula is C18H9Cl2F4NO2S. The molecule has 0 saturated heterocycles. The molecule has 0 unspecified atom stereocenters. The van der Waals surface area contributed by atoms with Crippen molar-refractivity contribution in [3.8, 4) is 11.1 Å². The van der Waals surface area contributed by atoms with Crippen LogP contribution in [0.5, 0.6) is 0 Å². The second-order valence-electron chi connectivity index (χ2n) is 5.55. The lowest BCUT2D eigenvalue weighted by atomic mass is 10.0. The molecule has 10 heteroatoms. The second kappa shape index (κ2) is 7.62. The molecule has 3 rings (SSSR count). The maximum Gasteiger partial charge on any atom is 0.262 e. The van der Waals surface area contributed by atoms with Gasteiger partial charge in [-0.2, -0.15) is 0 Å². The lowest BCUT2D eigenvalue weighted by molar-refractivity contribution is 0.413. The van der Waals surface area contributed by atoms with Gasteiger partial charge in [0.25, 0.3) is 10.0 Å². The third kappa shape index (κ3) is 3.67. The molecule has 0 bridgehead atoms. The first-order valence-electron chi connectivity index (χ1n) is 7.52. The minimum Gasteiger partial charge on any atom is -0.276 e. The molecule has 0 aliphatic rings. The summed E-state index contributed by atoms with van der Waals surface area (Å²) >= 11 is 11.6. The normalized spacial score (nSPS) is 11.5. The average Bonchev–Trinajstić information content (AvgIpc) is 2.67. The molecule has 0 aliphatic carbocycles. The topological polar surface area (TPSA) is 46.2 Å². The molecule has 0 spiro atoms. The number of hydrogen-bond acceptors (Lipinski definition) is 2. The highest BCUT2D eigenvalue weighted by molar-refractivity contribution is 7.92. The molecule has 0 heterocycles. The minimum atomic E-state index is -4.44. The summed E-state index contributed by atoms with van der Waals surface area (Å²) in [7, 11) is -4.44. The van der Waals surface area contributed by atoms with Crippen LogP contribution in [0, 0.1) is 23.3 Å². The maximum absolute atomic E-state index is 14.5. The Kier molecular flexibility index (Phi) is 5.56. The number of rotatable bonds is 4. The molecule has 3 aromatic carbocycles. The van der Waals surface area contributed by atoms with Crippen LogP contribution in [0.25, 0.3) is 11.1 Å². The molecular weight excluding hydrogens is 441 g/mol. The smallest absolute Gasteiger partial charge is 0.262 e.